The van der Waals surface area contributed by atoms with Crippen LogP contribution in [0.15, 0.2) is 30.3 Å². The molecule has 3 nitrogen and oxygen atoms in total. The third kappa shape index (κ3) is 2.26. The van der Waals surface area contributed by atoms with Crippen molar-refractivity contribution in [2.45, 2.75) is 19.1 Å². The largest absolute Gasteiger partial charge is 0.396 e. The Balaban J connectivity index is 2.04. The zero-order valence-corrected chi connectivity index (χ0v) is 9.58. The number of hydrogen-bond acceptors (Lipinski definition) is 3. The SMILES string of the molecule is CC(c1ccccc1)N1C[C@H](CO)[C@H](O)C1. The van der Waals surface area contributed by atoms with E-state index in [1.165, 1.54) is 5.56 Å². The van der Waals surface area contributed by atoms with Gasteiger partial charge in [-0.3, -0.25) is 4.90 Å². The highest BCUT2D eigenvalue weighted by atomic mass is 16.3. The van der Waals surface area contributed by atoms with Gasteiger partial charge in [-0.2, -0.15) is 0 Å². The van der Waals surface area contributed by atoms with Crippen LogP contribution >= 0.6 is 0 Å². The second kappa shape index (κ2) is 4.95. The zero-order chi connectivity index (χ0) is 11.5. The standard InChI is InChI=1S/C13H19NO2/c1-10(11-5-3-2-4-6-11)14-7-12(9-15)13(16)8-14/h2-6,10,12-13,15-16H,7-9H2,1H3/t10?,12-,13-/m1/s1. The molecule has 0 bridgehead atoms. The number of aliphatic hydroxyl groups excluding tert-OH is 2. The molecule has 1 heterocycles. The van der Waals surface area contributed by atoms with Gasteiger partial charge in [0, 0.05) is 31.7 Å². The van der Waals surface area contributed by atoms with E-state index >= 15 is 0 Å². The van der Waals surface area contributed by atoms with E-state index in [2.05, 4.69) is 24.0 Å². The normalized spacial score (nSPS) is 28.2. The highest BCUT2D eigenvalue weighted by Gasteiger charge is 2.33. The van der Waals surface area contributed by atoms with Crippen LogP contribution in [-0.4, -0.2) is 40.9 Å². The van der Waals surface area contributed by atoms with E-state index in [0.29, 0.717) is 12.6 Å². The summed E-state index contributed by atoms with van der Waals surface area (Å²) in [7, 11) is 0. The van der Waals surface area contributed by atoms with Gasteiger partial charge in [-0.1, -0.05) is 30.3 Å². The number of benzene rings is 1. The molecule has 1 unspecified atom stereocenters. The first-order chi connectivity index (χ1) is 7.72. The molecule has 2 N–H and O–H groups in total. The van der Waals surface area contributed by atoms with E-state index in [0.717, 1.165) is 6.54 Å². The van der Waals surface area contributed by atoms with E-state index in [9.17, 15) is 5.11 Å². The van der Waals surface area contributed by atoms with E-state index in [4.69, 9.17) is 5.11 Å². The van der Waals surface area contributed by atoms with Crippen molar-refractivity contribution in [3.05, 3.63) is 35.9 Å². The van der Waals surface area contributed by atoms with Gasteiger partial charge in [-0.25, -0.2) is 0 Å². The lowest BCUT2D eigenvalue weighted by Crippen LogP contribution is -2.25. The monoisotopic (exact) mass is 221 g/mol. The fraction of sp³-hybridized carbons (Fsp3) is 0.538. The van der Waals surface area contributed by atoms with Crippen LogP contribution in [-0.2, 0) is 0 Å². The Morgan fingerprint density at radius 2 is 2.00 bits per heavy atom. The molecule has 1 aromatic rings. The van der Waals surface area contributed by atoms with Gasteiger partial charge < -0.3 is 10.2 Å². The fourth-order valence-corrected chi connectivity index (χ4v) is 2.32. The van der Waals surface area contributed by atoms with Crippen molar-refractivity contribution in [2.24, 2.45) is 5.92 Å². The van der Waals surface area contributed by atoms with Gasteiger partial charge in [0.2, 0.25) is 0 Å². The van der Waals surface area contributed by atoms with Crippen molar-refractivity contribution in [3.8, 4) is 0 Å². The number of aliphatic hydroxyl groups is 2. The maximum Gasteiger partial charge on any atom is 0.0729 e. The summed E-state index contributed by atoms with van der Waals surface area (Å²) in [4.78, 5) is 2.22. The molecule has 1 aromatic carbocycles. The molecular formula is C13H19NO2. The highest BCUT2D eigenvalue weighted by Crippen LogP contribution is 2.27. The predicted octanol–water partition coefficient (Wildman–Crippen LogP) is 1.03. The molecule has 0 amide bonds. The van der Waals surface area contributed by atoms with Crippen LogP contribution in [0, 0.1) is 5.92 Å². The van der Waals surface area contributed by atoms with Crippen molar-refractivity contribution in [2.75, 3.05) is 19.7 Å². The Hall–Kier alpha value is -0.900. The Labute approximate surface area is 96.3 Å². The smallest absolute Gasteiger partial charge is 0.0729 e. The second-order valence-corrected chi connectivity index (χ2v) is 4.55. The minimum absolute atomic E-state index is 0.00571. The lowest BCUT2D eigenvalue weighted by Gasteiger charge is -2.24. The van der Waals surface area contributed by atoms with Crippen molar-refractivity contribution >= 4 is 0 Å². The number of nitrogens with zero attached hydrogens (tertiary/aromatic N) is 1. The van der Waals surface area contributed by atoms with E-state index in [1.807, 2.05) is 18.2 Å². The molecule has 1 aliphatic rings. The molecule has 88 valence electrons. The van der Waals surface area contributed by atoms with Crippen LogP contribution in [0.3, 0.4) is 0 Å². The molecule has 1 aliphatic heterocycles. The third-order valence-electron chi connectivity index (χ3n) is 3.50. The summed E-state index contributed by atoms with van der Waals surface area (Å²) in [6.45, 7) is 3.63. The van der Waals surface area contributed by atoms with Crippen molar-refractivity contribution in [1.29, 1.82) is 0 Å². The van der Waals surface area contributed by atoms with E-state index in [1.54, 1.807) is 0 Å². The molecule has 1 saturated heterocycles. The molecular weight excluding hydrogens is 202 g/mol. The average molecular weight is 221 g/mol. The molecule has 1 fully saturated rings. The second-order valence-electron chi connectivity index (χ2n) is 4.55. The maximum atomic E-state index is 9.75. The number of likely N-dealkylation sites (tertiary alicyclic amines) is 1. The number of rotatable bonds is 3. The summed E-state index contributed by atoms with van der Waals surface area (Å²) in [5.74, 6) is 0.00571. The first-order valence-corrected chi connectivity index (χ1v) is 5.80. The first kappa shape index (κ1) is 11.6. The van der Waals surface area contributed by atoms with Crippen LogP contribution in [0.2, 0.25) is 0 Å². The Morgan fingerprint density at radius 1 is 1.31 bits per heavy atom. The highest BCUT2D eigenvalue weighted by molar-refractivity contribution is 5.18. The molecule has 0 radical (unpaired) electrons. The molecule has 16 heavy (non-hydrogen) atoms. The third-order valence-corrected chi connectivity index (χ3v) is 3.50. The molecule has 3 atom stereocenters. The van der Waals surface area contributed by atoms with E-state index < -0.39 is 6.10 Å². The van der Waals surface area contributed by atoms with Crippen molar-refractivity contribution < 1.29 is 10.2 Å². The van der Waals surface area contributed by atoms with Crippen LogP contribution in [0.25, 0.3) is 0 Å². The lowest BCUT2D eigenvalue weighted by molar-refractivity contribution is 0.102. The van der Waals surface area contributed by atoms with Gasteiger partial charge in [0.15, 0.2) is 0 Å². The zero-order valence-electron chi connectivity index (χ0n) is 9.58. The van der Waals surface area contributed by atoms with E-state index in [-0.39, 0.29) is 12.5 Å². The topological polar surface area (TPSA) is 43.7 Å². The van der Waals surface area contributed by atoms with Crippen molar-refractivity contribution in [1.82, 2.24) is 4.90 Å². The summed E-state index contributed by atoms with van der Waals surface area (Å²) in [6.07, 6.45) is -0.392. The van der Waals surface area contributed by atoms with Gasteiger partial charge in [0.05, 0.1) is 6.10 Å². The molecule has 2 rings (SSSR count). The van der Waals surface area contributed by atoms with Crippen LogP contribution in [0.5, 0.6) is 0 Å². The summed E-state index contributed by atoms with van der Waals surface area (Å²) >= 11 is 0. The number of β-amino-alcohol motifs (C(OH)–C–C–N with tert-alkyl or cyclic N) is 1. The van der Waals surface area contributed by atoms with Gasteiger partial charge in [-0.15, -0.1) is 0 Å². The quantitative estimate of drug-likeness (QED) is 0.801. The maximum absolute atomic E-state index is 9.75. The fourth-order valence-electron chi connectivity index (χ4n) is 2.32. The minimum atomic E-state index is -0.392. The summed E-state index contributed by atoms with van der Waals surface area (Å²) in [5.41, 5.74) is 1.26. The Morgan fingerprint density at radius 3 is 2.56 bits per heavy atom. The molecule has 0 spiro atoms. The van der Waals surface area contributed by atoms with Crippen molar-refractivity contribution in [3.63, 3.8) is 0 Å². The van der Waals surface area contributed by atoms with Crippen LogP contribution < -0.4 is 0 Å². The molecule has 0 aromatic heterocycles. The predicted molar refractivity (Wildman–Crippen MR) is 63.0 cm³/mol. The molecule has 0 aliphatic carbocycles. The molecule has 0 saturated carbocycles. The molecule has 3 heteroatoms. The summed E-state index contributed by atoms with van der Waals surface area (Å²) < 4.78 is 0. The Kier molecular flexibility index (Phi) is 3.59. The summed E-state index contributed by atoms with van der Waals surface area (Å²) in [6, 6.07) is 10.6. The number of hydrogen-bond donors (Lipinski definition) is 2. The first-order valence-electron chi connectivity index (χ1n) is 5.80. The summed E-state index contributed by atoms with van der Waals surface area (Å²) in [5, 5.41) is 18.9. The van der Waals surface area contributed by atoms with Gasteiger partial charge in [-0.05, 0) is 12.5 Å². The van der Waals surface area contributed by atoms with Crippen LogP contribution in [0.4, 0.5) is 0 Å². The average Bonchev–Trinajstić information content (AvgIpc) is 2.71. The van der Waals surface area contributed by atoms with Gasteiger partial charge in [0.25, 0.3) is 0 Å². The lowest BCUT2D eigenvalue weighted by atomic mass is 10.1. The Bertz CT molecular complexity index is 328. The van der Waals surface area contributed by atoms with Gasteiger partial charge in [0.1, 0.15) is 0 Å². The minimum Gasteiger partial charge on any atom is -0.396 e. The van der Waals surface area contributed by atoms with Gasteiger partial charge >= 0.3 is 0 Å². The van der Waals surface area contributed by atoms with Crippen LogP contribution in [0.1, 0.15) is 18.5 Å².